The summed E-state index contributed by atoms with van der Waals surface area (Å²) in [5.41, 5.74) is 3.33. The zero-order valence-corrected chi connectivity index (χ0v) is 11.4. The first kappa shape index (κ1) is 11.3. The molecule has 0 aliphatic heterocycles. The average Bonchev–Trinajstić information content (AvgIpc) is 2.80. The van der Waals surface area contributed by atoms with Gasteiger partial charge < -0.3 is 4.74 Å². The van der Waals surface area contributed by atoms with Crippen molar-refractivity contribution in [2.24, 2.45) is 0 Å². The van der Waals surface area contributed by atoms with Crippen molar-refractivity contribution in [1.29, 1.82) is 0 Å². The molecular weight excluding hydrogens is 292 g/mol. The molecule has 0 aliphatic carbocycles. The largest absolute Gasteiger partial charge is 0.497 e. The van der Waals surface area contributed by atoms with Crippen molar-refractivity contribution in [2.75, 3.05) is 7.11 Å². The van der Waals surface area contributed by atoms with Gasteiger partial charge in [0.05, 0.1) is 23.3 Å². The van der Waals surface area contributed by atoms with Gasteiger partial charge >= 0.3 is 0 Å². The van der Waals surface area contributed by atoms with E-state index in [2.05, 4.69) is 33.2 Å². The van der Waals surface area contributed by atoms with Gasteiger partial charge in [0.2, 0.25) is 0 Å². The number of halogens is 1. The standard InChI is InChI=1S/C14H11BrN2O/c1-18-12-5-2-10(3-6-12)11-4-7-14-13(15)8-16-17(14)9-11/h2-9H,1H3. The van der Waals surface area contributed by atoms with Crippen LogP contribution in [0.2, 0.25) is 0 Å². The summed E-state index contributed by atoms with van der Waals surface area (Å²) >= 11 is 3.47. The number of rotatable bonds is 2. The van der Waals surface area contributed by atoms with Gasteiger partial charge in [-0.05, 0) is 39.7 Å². The van der Waals surface area contributed by atoms with E-state index in [0.29, 0.717) is 0 Å². The number of benzene rings is 1. The highest BCUT2D eigenvalue weighted by atomic mass is 79.9. The van der Waals surface area contributed by atoms with Crippen LogP contribution in [0, 0.1) is 0 Å². The molecular formula is C14H11BrN2O. The summed E-state index contributed by atoms with van der Waals surface area (Å²) in [6, 6.07) is 12.1. The van der Waals surface area contributed by atoms with Crippen LogP contribution in [0.3, 0.4) is 0 Å². The van der Waals surface area contributed by atoms with Gasteiger partial charge in [0.25, 0.3) is 0 Å². The maximum atomic E-state index is 5.15. The van der Waals surface area contributed by atoms with Crippen molar-refractivity contribution in [3.63, 3.8) is 0 Å². The van der Waals surface area contributed by atoms with Crippen LogP contribution >= 0.6 is 15.9 Å². The van der Waals surface area contributed by atoms with E-state index in [9.17, 15) is 0 Å². The SMILES string of the molecule is COc1ccc(-c2ccc3c(Br)cnn3c2)cc1. The molecule has 0 spiro atoms. The Kier molecular flexibility index (Phi) is 2.80. The van der Waals surface area contributed by atoms with E-state index < -0.39 is 0 Å². The van der Waals surface area contributed by atoms with Crippen molar-refractivity contribution >= 4 is 21.4 Å². The highest BCUT2D eigenvalue weighted by molar-refractivity contribution is 9.10. The molecule has 2 aromatic heterocycles. The normalized spacial score (nSPS) is 10.8. The maximum Gasteiger partial charge on any atom is 0.118 e. The lowest BCUT2D eigenvalue weighted by atomic mass is 10.1. The molecule has 1 aromatic carbocycles. The molecule has 3 aromatic rings. The molecule has 3 rings (SSSR count). The summed E-state index contributed by atoms with van der Waals surface area (Å²) in [4.78, 5) is 0. The number of nitrogens with zero attached hydrogens (tertiary/aromatic N) is 2. The Balaban J connectivity index is 2.07. The van der Waals surface area contributed by atoms with E-state index in [1.165, 1.54) is 0 Å². The van der Waals surface area contributed by atoms with Crippen molar-refractivity contribution in [3.05, 3.63) is 53.3 Å². The van der Waals surface area contributed by atoms with Crippen molar-refractivity contribution < 1.29 is 4.74 Å². The van der Waals surface area contributed by atoms with E-state index in [4.69, 9.17) is 4.74 Å². The molecule has 90 valence electrons. The Labute approximate surface area is 113 Å². The van der Waals surface area contributed by atoms with Gasteiger partial charge in [0.15, 0.2) is 0 Å². The molecule has 3 nitrogen and oxygen atoms in total. The zero-order valence-electron chi connectivity index (χ0n) is 9.80. The second kappa shape index (κ2) is 4.46. The number of methoxy groups -OCH3 is 1. The second-order valence-corrected chi connectivity index (χ2v) is 4.82. The van der Waals surface area contributed by atoms with Gasteiger partial charge in [-0.1, -0.05) is 18.2 Å². The number of fused-ring (bicyclic) bond motifs is 1. The smallest absolute Gasteiger partial charge is 0.118 e. The highest BCUT2D eigenvalue weighted by Gasteiger charge is 2.03. The van der Waals surface area contributed by atoms with Crippen LogP contribution in [0.4, 0.5) is 0 Å². The summed E-state index contributed by atoms with van der Waals surface area (Å²) in [6.45, 7) is 0. The average molecular weight is 303 g/mol. The predicted octanol–water partition coefficient (Wildman–Crippen LogP) is 3.77. The molecule has 0 saturated heterocycles. The molecule has 2 heterocycles. The first-order valence-corrected chi connectivity index (χ1v) is 6.34. The minimum atomic E-state index is 0.863. The molecule has 0 atom stereocenters. The quantitative estimate of drug-likeness (QED) is 0.720. The molecule has 0 bridgehead atoms. The van der Waals surface area contributed by atoms with Crippen LogP contribution in [0.25, 0.3) is 16.6 Å². The van der Waals surface area contributed by atoms with Crippen LogP contribution < -0.4 is 4.74 Å². The monoisotopic (exact) mass is 302 g/mol. The molecule has 0 aliphatic rings. The third-order valence-corrected chi connectivity index (χ3v) is 3.50. The van der Waals surface area contributed by atoms with Crippen LogP contribution in [0.5, 0.6) is 5.75 Å². The zero-order chi connectivity index (χ0) is 12.5. The van der Waals surface area contributed by atoms with E-state index in [0.717, 1.165) is 26.9 Å². The van der Waals surface area contributed by atoms with Crippen molar-refractivity contribution in [2.45, 2.75) is 0 Å². The van der Waals surface area contributed by atoms with Crippen LogP contribution in [0.1, 0.15) is 0 Å². The van der Waals surface area contributed by atoms with Crippen LogP contribution in [-0.4, -0.2) is 16.7 Å². The Morgan fingerprint density at radius 2 is 1.78 bits per heavy atom. The van der Waals surface area contributed by atoms with Crippen molar-refractivity contribution in [3.8, 4) is 16.9 Å². The third-order valence-electron chi connectivity index (χ3n) is 2.89. The molecule has 0 fully saturated rings. The molecule has 4 heteroatoms. The van der Waals surface area contributed by atoms with Gasteiger partial charge in [-0.25, -0.2) is 4.52 Å². The number of aromatic nitrogens is 2. The predicted molar refractivity (Wildman–Crippen MR) is 74.9 cm³/mol. The Hall–Kier alpha value is -1.81. The van der Waals surface area contributed by atoms with Gasteiger partial charge in [0.1, 0.15) is 5.75 Å². The topological polar surface area (TPSA) is 26.5 Å². The van der Waals surface area contributed by atoms with Crippen LogP contribution in [-0.2, 0) is 0 Å². The molecule has 0 saturated carbocycles. The minimum absolute atomic E-state index is 0.863. The van der Waals surface area contributed by atoms with Gasteiger partial charge in [0, 0.05) is 11.8 Å². The lowest BCUT2D eigenvalue weighted by Gasteiger charge is -2.04. The summed E-state index contributed by atoms with van der Waals surface area (Å²) in [7, 11) is 1.67. The summed E-state index contributed by atoms with van der Waals surface area (Å²) in [5, 5.41) is 4.28. The maximum absolute atomic E-state index is 5.15. The molecule has 0 amide bonds. The van der Waals surface area contributed by atoms with E-state index in [1.54, 1.807) is 13.3 Å². The lowest BCUT2D eigenvalue weighted by Crippen LogP contribution is -1.88. The third kappa shape index (κ3) is 1.88. The number of hydrogen-bond acceptors (Lipinski definition) is 2. The fourth-order valence-corrected chi connectivity index (χ4v) is 2.31. The second-order valence-electron chi connectivity index (χ2n) is 3.97. The van der Waals surface area contributed by atoms with E-state index >= 15 is 0 Å². The van der Waals surface area contributed by atoms with Crippen LogP contribution in [0.15, 0.2) is 53.3 Å². The number of pyridine rings is 1. The summed E-state index contributed by atoms with van der Waals surface area (Å²) in [6.07, 6.45) is 3.81. The Morgan fingerprint density at radius 3 is 2.50 bits per heavy atom. The molecule has 0 unspecified atom stereocenters. The fourth-order valence-electron chi connectivity index (χ4n) is 1.91. The Bertz CT molecular complexity index is 689. The fraction of sp³-hybridized carbons (Fsp3) is 0.0714. The molecule has 0 N–H and O–H groups in total. The Morgan fingerprint density at radius 1 is 1.06 bits per heavy atom. The highest BCUT2D eigenvalue weighted by Crippen LogP contribution is 2.25. The number of ether oxygens (including phenoxy) is 1. The van der Waals surface area contributed by atoms with Gasteiger partial charge in [-0.15, -0.1) is 0 Å². The van der Waals surface area contributed by atoms with Gasteiger partial charge in [-0.2, -0.15) is 5.10 Å². The lowest BCUT2D eigenvalue weighted by molar-refractivity contribution is 0.415. The first-order valence-electron chi connectivity index (χ1n) is 5.55. The minimum Gasteiger partial charge on any atom is -0.497 e. The molecule has 0 radical (unpaired) electrons. The number of hydrogen-bond donors (Lipinski definition) is 0. The first-order chi connectivity index (χ1) is 8.78. The summed E-state index contributed by atoms with van der Waals surface area (Å²) in [5.74, 6) is 0.863. The molecule has 18 heavy (non-hydrogen) atoms. The summed E-state index contributed by atoms with van der Waals surface area (Å²) < 4.78 is 8.02. The van der Waals surface area contributed by atoms with Crippen molar-refractivity contribution in [1.82, 2.24) is 9.61 Å². The van der Waals surface area contributed by atoms with E-state index in [-0.39, 0.29) is 0 Å². The van der Waals surface area contributed by atoms with Gasteiger partial charge in [-0.3, -0.25) is 0 Å². The van der Waals surface area contributed by atoms with E-state index in [1.807, 2.05) is 35.0 Å².